The van der Waals surface area contributed by atoms with Gasteiger partial charge in [-0.2, -0.15) is 0 Å². The van der Waals surface area contributed by atoms with Crippen molar-refractivity contribution in [3.63, 3.8) is 0 Å². The number of rotatable bonds is 7. The van der Waals surface area contributed by atoms with E-state index in [0.29, 0.717) is 11.4 Å². The molecule has 4 aromatic rings. The van der Waals surface area contributed by atoms with Gasteiger partial charge in [0.15, 0.2) is 11.7 Å². The zero-order valence-corrected chi connectivity index (χ0v) is 17.1. The molecule has 0 radical (unpaired) electrons. The van der Waals surface area contributed by atoms with E-state index in [4.69, 9.17) is 4.74 Å². The van der Waals surface area contributed by atoms with Crippen molar-refractivity contribution in [2.45, 2.75) is 6.92 Å². The summed E-state index contributed by atoms with van der Waals surface area (Å²) in [7, 11) is 0. The molecule has 1 amide bonds. The van der Waals surface area contributed by atoms with E-state index in [1.54, 1.807) is 12.4 Å². The first-order valence-corrected chi connectivity index (χ1v) is 10.3. The molecule has 0 spiro atoms. The molecule has 2 N–H and O–H groups in total. The maximum atomic E-state index is 12.2. The first kappa shape index (κ1) is 19.6. The molecule has 2 heterocycles. The Hall–Kier alpha value is -3.71. The molecular formula is C23H20N4O2S. The minimum absolute atomic E-state index is 0.0531. The highest BCUT2D eigenvalue weighted by atomic mass is 32.1. The Morgan fingerprint density at radius 2 is 1.80 bits per heavy atom. The standard InChI is InChI=1S/C23H20N4O2S/c1-16-5-7-20(8-6-16)29-14-22(28)25-18-3-2-4-19(13-18)26-23-27-21(15-30-23)17-9-11-24-12-10-17/h2-13,15H,14H2,1H3,(H,25,28)(H,26,27). The van der Waals surface area contributed by atoms with Crippen LogP contribution in [0.15, 0.2) is 78.4 Å². The molecule has 0 saturated heterocycles. The van der Waals surface area contributed by atoms with E-state index in [0.717, 1.165) is 27.6 Å². The molecule has 2 aromatic heterocycles. The number of hydrogen-bond acceptors (Lipinski definition) is 6. The summed E-state index contributed by atoms with van der Waals surface area (Å²) in [6.45, 7) is 1.95. The summed E-state index contributed by atoms with van der Waals surface area (Å²) < 4.78 is 5.53. The van der Waals surface area contributed by atoms with Crippen LogP contribution in [0.1, 0.15) is 5.56 Å². The number of thiazole rings is 1. The van der Waals surface area contributed by atoms with E-state index in [1.807, 2.05) is 73.0 Å². The molecule has 0 bridgehead atoms. The topological polar surface area (TPSA) is 76.1 Å². The van der Waals surface area contributed by atoms with Crippen LogP contribution in [-0.4, -0.2) is 22.5 Å². The van der Waals surface area contributed by atoms with Crippen LogP contribution in [0.4, 0.5) is 16.5 Å². The molecule has 4 rings (SSSR count). The Balaban J connectivity index is 1.35. The summed E-state index contributed by atoms with van der Waals surface area (Å²) in [6.07, 6.45) is 3.49. The lowest BCUT2D eigenvalue weighted by Gasteiger charge is -2.09. The number of carbonyl (C=O) groups excluding carboxylic acids is 1. The van der Waals surface area contributed by atoms with Crippen LogP contribution in [0.3, 0.4) is 0 Å². The highest BCUT2D eigenvalue weighted by Crippen LogP contribution is 2.27. The number of nitrogens with one attached hydrogen (secondary N) is 2. The van der Waals surface area contributed by atoms with Crippen molar-refractivity contribution in [3.05, 3.63) is 84.0 Å². The summed E-state index contributed by atoms with van der Waals surface area (Å²) in [5, 5.41) is 8.90. The van der Waals surface area contributed by atoms with Crippen LogP contribution in [0, 0.1) is 6.92 Å². The second-order valence-electron chi connectivity index (χ2n) is 6.63. The molecule has 30 heavy (non-hydrogen) atoms. The van der Waals surface area contributed by atoms with Gasteiger partial charge in [-0.25, -0.2) is 4.98 Å². The van der Waals surface area contributed by atoms with E-state index in [-0.39, 0.29) is 12.5 Å². The van der Waals surface area contributed by atoms with Gasteiger partial charge in [-0.15, -0.1) is 11.3 Å². The second kappa shape index (κ2) is 9.19. The number of carbonyl (C=O) groups is 1. The van der Waals surface area contributed by atoms with Crippen molar-refractivity contribution in [2.24, 2.45) is 0 Å². The van der Waals surface area contributed by atoms with Crippen LogP contribution in [0.25, 0.3) is 11.3 Å². The molecule has 2 aromatic carbocycles. The molecule has 0 saturated carbocycles. The highest BCUT2D eigenvalue weighted by molar-refractivity contribution is 7.14. The third-order valence-electron chi connectivity index (χ3n) is 4.27. The number of pyridine rings is 1. The van der Waals surface area contributed by atoms with E-state index in [2.05, 4.69) is 20.6 Å². The van der Waals surface area contributed by atoms with Crippen LogP contribution in [0.5, 0.6) is 5.75 Å². The smallest absolute Gasteiger partial charge is 0.262 e. The fourth-order valence-electron chi connectivity index (χ4n) is 2.77. The Labute approximate surface area is 178 Å². The van der Waals surface area contributed by atoms with Gasteiger partial charge in [0.05, 0.1) is 5.69 Å². The number of hydrogen-bond donors (Lipinski definition) is 2. The minimum atomic E-state index is -0.220. The summed E-state index contributed by atoms with van der Waals surface area (Å²) in [5.74, 6) is 0.446. The molecule has 0 aliphatic rings. The molecule has 0 atom stereocenters. The summed E-state index contributed by atoms with van der Waals surface area (Å²) in [5.41, 5.74) is 4.57. The van der Waals surface area contributed by atoms with Crippen LogP contribution in [-0.2, 0) is 4.79 Å². The number of aryl methyl sites for hydroxylation is 1. The van der Waals surface area contributed by atoms with E-state index in [9.17, 15) is 4.79 Å². The van der Waals surface area contributed by atoms with Crippen molar-refractivity contribution < 1.29 is 9.53 Å². The van der Waals surface area contributed by atoms with E-state index in [1.165, 1.54) is 11.3 Å². The van der Waals surface area contributed by atoms with Crippen molar-refractivity contribution in [1.82, 2.24) is 9.97 Å². The van der Waals surface area contributed by atoms with Gasteiger partial charge in [0, 0.05) is 34.7 Å². The largest absolute Gasteiger partial charge is 0.484 e. The number of aromatic nitrogens is 2. The third kappa shape index (κ3) is 5.21. The van der Waals surface area contributed by atoms with Crippen molar-refractivity contribution in [2.75, 3.05) is 17.2 Å². The molecule has 0 fully saturated rings. The third-order valence-corrected chi connectivity index (χ3v) is 5.03. The monoisotopic (exact) mass is 416 g/mol. The van der Waals surface area contributed by atoms with Gasteiger partial charge in [-0.05, 0) is 49.4 Å². The second-order valence-corrected chi connectivity index (χ2v) is 7.49. The average Bonchev–Trinajstić information content (AvgIpc) is 3.23. The van der Waals surface area contributed by atoms with Gasteiger partial charge >= 0.3 is 0 Å². The Morgan fingerprint density at radius 3 is 2.60 bits per heavy atom. The Morgan fingerprint density at radius 1 is 1.03 bits per heavy atom. The number of benzene rings is 2. The predicted octanol–water partition coefficient (Wildman–Crippen LogP) is 5.27. The van der Waals surface area contributed by atoms with Gasteiger partial charge in [0.1, 0.15) is 5.75 Å². The zero-order valence-electron chi connectivity index (χ0n) is 16.3. The molecule has 6 nitrogen and oxygen atoms in total. The van der Waals surface area contributed by atoms with E-state index < -0.39 is 0 Å². The average molecular weight is 417 g/mol. The summed E-state index contributed by atoms with van der Waals surface area (Å²) in [6, 6.07) is 18.9. The van der Waals surface area contributed by atoms with Crippen LogP contribution < -0.4 is 15.4 Å². The molecule has 150 valence electrons. The number of ether oxygens (including phenoxy) is 1. The molecule has 0 aliphatic carbocycles. The normalized spacial score (nSPS) is 10.4. The first-order valence-electron chi connectivity index (χ1n) is 9.38. The van der Waals surface area contributed by atoms with Gasteiger partial charge in [-0.1, -0.05) is 23.8 Å². The predicted molar refractivity (Wildman–Crippen MR) is 120 cm³/mol. The fraction of sp³-hybridized carbons (Fsp3) is 0.0870. The lowest BCUT2D eigenvalue weighted by atomic mass is 10.2. The van der Waals surface area contributed by atoms with E-state index >= 15 is 0 Å². The first-order chi connectivity index (χ1) is 14.7. The minimum Gasteiger partial charge on any atom is -0.484 e. The van der Waals surface area contributed by atoms with Gasteiger partial charge in [0.25, 0.3) is 5.91 Å². The molecule has 0 unspecified atom stereocenters. The zero-order chi connectivity index (χ0) is 20.8. The van der Waals surface area contributed by atoms with Crippen LogP contribution >= 0.6 is 11.3 Å². The molecule has 7 heteroatoms. The number of amides is 1. The molecular weight excluding hydrogens is 396 g/mol. The lowest BCUT2D eigenvalue weighted by Crippen LogP contribution is -2.20. The lowest BCUT2D eigenvalue weighted by molar-refractivity contribution is -0.118. The fourth-order valence-corrected chi connectivity index (χ4v) is 3.50. The quantitative estimate of drug-likeness (QED) is 0.429. The van der Waals surface area contributed by atoms with Gasteiger partial charge < -0.3 is 15.4 Å². The number of anilines is 3. The SMILES string of the molecule is Cc1ccc(OCC(=O)Nc2cccc(Nc3nc(-c4ccncc4)cs3)c2)cc1. The Kier molecular flexibility index (Phi) is 6.01. The van der Waals surface area contributed by atoms with Crippen molar-refractivity contribution >= 4 is 33.8 Å². The van der Waals surface area contributed by atoms with Crippen molar-refractivity contribution in [3.8, 4) is 17.0 Å². The maximum Gasteiger partial charge on any atom is 0.262 e. The summed E-state index contributed by atoms with van der Waals surface area (Å²) >= 11 is 1.52. The van der Waals surface area contributed by atoms with Crippen LogP contribution in [0.2, 0.25) is 0 Å². The van der Waals surface area contributed by atoms with Gasteiger partial charge in [0.2, 0.25) is 0 Å². The van der Waals surface area contributed by atoms with Gasteiger partial charge in [-0.3, -0.25) is 9.78 Å². The Bertz CT molecular complexity index is 1130. The maximum absolute atomic E-state index is 12.2. The highest BCUT2D eigenvalue weighted by Gasteiger charge is 2.07. The summed E-state index contributed by atoms with van der Waals surface area (Å²) in [4.78, 5) is 20.8. The number of nitrogens with zero attached hydrogens (tertiary/aromatic N) is 2. The molecule has 0 aliphatic heterocycles. The van der Waals surface area contributed by atoms with Crippen molar-refractivity contribution in [1.29, 1.82) is 0 Å².